The summed E-state index contributed by atoms with van der Waals surface area (Å²) in [6, 6.07) is 12.2. The van der Waals surface area contributed by atoms with E-state index in [4.69, 9.17) is 9.47 Å². The van der Waals surface area contributed by atoms with E-state index in [1.54, 1.807) is 14.0 Å². The largest absolute Gasteiger partial charge is 0.496 e. The molecule has 2 atom stereocenters. The molecule has 4 heteroatoms. The number of amides is 1. The zero-order valence-electron chi connectivity index (χ0n) is 17.4. The molecule has 0 saturated heterocycles. The number of aryl methyl sites for hydroxylation is 3. The molecule has 0 aliphatic heterocycles. The normalized spacial score (nSPS) is 15.3. The summed E-state index contributed by atoms with van der Waals surface area (Å²) in [5, 5.41) is 3.13. The van der Waals surface area contributed by atoms with Crippen LogP contribution in [0.1, 0.15) is 61.4 Å². The third-order valence-corrected chi connectivity index (χ3v) is 5.55. The number of ether oxygens (including phenoxy) is 2. The fourth-order valence-corrected chi connectivity index (χ4v) is 3.87. The predicted octanol–water partition coefficient (Wildman–Crippen LogP) is 4.92. The molecule has 0 radical (unpaired) electrons. The maximum atomic E-state index is 12.7. The van der Waals surface area contributed by atoms with E-state index in [1.807, 2.05) is 25.1 Å². The third-order valence-electron chi connectivity index (χ3n) is 5.55. The van der Waals surface area contributed by atoms with Crippen LogP contribution in [-0.2, 0) is 17.6 Å². The molecule has 1 aliphatic rings. The van der Waals surface area contributed by atoms with Gasteiger partial charge in [-0.25, -0.2) is 0 Å². The molecule has 0 unspecified atom stereocenters. The average Bonchev–Trinajstić information content (AvgIpc) is 2.71. The van der Waals surface area contributed by atoms with Crippen LogP contribution in [-0.4, -0.2) is 19.1 Å². The van der Waals surface area contributed by atoms with Crippen molar-refractivity contribution in [1.82, 2.24) is 5.32 Å². The van der Waals surface area contributed by atoms with E-state index in [-0.39, 0.29) is 11.9 Å². The van der Waals surface area contributed by atoms with Gasteiger partial charge in [-0.3, -0.25) is 4.79 Å². The molecule has 4 nitrogen and oxygen atoms in total. The Kier molecular flexibility index (Phi) is 6.61. The zero-order chi connectivity index (χ0) is 20.1. The summed E-state index contributed by atoms with van der Waals surface area (Å²) in [5.74, 6) is 1.53. The Balaban J connectivity index is 1.64. The first-order valence-corrected chi connectivity index (χ1v) is 10.2. The number of nitrogens with one attached hydrogen (secondary N) is 1. The Morgan fingerprint density at radius 1 is 1.11 bits per heavy atom. The fourth-order valence-electron chi connectivity index (χ4n) is 3.87. The molecule has 1 N–H and O–H groups in total. The van der Waals surface area contributed by atoms with Crippen molar-refractivity contribution in [3.05, 3.63) is 58.7 Å². The second kappa shape index (κ2) is 9.13. The lowest BCUT2D eigenvalue weighted by Crippen LogP contribution is -2.38. The summed E-state index contributed by atoms with van der Waals surface area (Å²) >= 11 is 0. The first-order chi connectivity index (χ1) is 13.5. The minimum atomic E-state index is -0.546. The molecule has 1 amide bonds. The second-order valence-corrected chi connectivity index (χ2v) is 7.60. The maximum Gasteiger partial charge on any atom is 0.261 e. The lowest BCUT2D eigenvalue weighted by molar-refractivity contribution is -0.128. The molecule has 0 spiro atoms. The van der Waals surface area contributed by atoms with Crippen LogP contribution in [0.25, 0.3) is 0 Å². The van der Waals surface area contributed by atoms with Crippen LogP contribution in [0.2, 0.25) is 0 Å². The Hall–Kier alpha value is -2.49. The van der Waals surface area contributed by atoms with E-state index in [9.17, 15) is 4.79 Å². The van der Waals surface area contributed by atoms with Gasteiger partial charge in [0.05, 0.1) is 13.2 Å². The Bertz CT molecular complexity index is 831. The van der Waals surface area contributed by atoms with Crippen molar-refractivity contribution < 1.29 is 14.3 Å². The minimum Gasteiger partial charge on any atom is -0.496 e. The summed E-state index contributed by atoms with van der Waals surface area (Å²) in [6.07, 6.45) is 4.99. The maximum absolute atomic E-state index is 12.7. The summed E-state index contributed by atoms with van der Waals surface area (Å²) in [7, 11) is 1.67. The van der Waals surface area contributed by atoms with Gasteiger partial charge in [-0.1, -0.05) is 25.1 Å². The van der Waals surface area contributed by atoms with Crippen LogP contribution in [0, 0.1) is 6.92 Å². The second-order valence-electron chi connectivity index (χ2n) is 7.60. The number of fused-ring (bicyclic) bond motifs is 1. The highest BCUT2D eigenvalue weighted by Gasteiger charge is 2.20. The predicted molar refractivity (Wildman–Crippen MR) is 112 cm³/mol. The Morgan fingerprint density at radius 3 is 2.54 bits per heavy atom. The first-order valence-electron chi connectivity index (χ1n) is 10.2. The number of benzene rings is 2. The van der Waals surface area contributed by atoms with Crippen molar-refractivity contribution >= 4 is 5.91 Å². The van der Waals surface area contributed by atoms with Crippen molar-refractivity contribution in [3.8, 4) is 11.5 Å². The van der Waals surface area contributed by atoms with Crippen LogP contribution in [0.4, 0.5) is 0 Å². The number of hydrogen-bond donors (Lipinski definition) is 1. The molecule has 2 aromatic rings. The monoisotopic (exact) mass is 381 g/mol. The number of hydrogen-bond acceptors (Lipinski definition) is 3. The number of carbonyl (C=O) groups excluding carboxylic acids is 1. The topological polar surface area (TPSA) is 47.6 Å². The van der Waals surface area contributed by atoms with Gasteiger partial charge in [-0.05, 0) is 86.4 Å². The Morgan fingerprint density at radius 2 is 1.86 bits per heavy atom. The van der Waals surface area contributed by atoms with Gasteiger partial charge in [-0.2, -0.15) is 0 Å². The Labute approximate surface area is 168 Å². The van der Waals surface area contributed by atoms with Crippen LogP contribution in [0.15, 0.2) is 36.4 Å². The van der Waals surface area contributed by atoms with E-state index < -0.39 is 6.10 Å². The third kappa shape index (κ3) is 4.67. The van der Waals surface area contributed by atoms with Gasteiger partial charge < -0.3 is 14.8 Å². The van der Waals surface area contributed by atoms with Crippen molar-refractivity contribution in [3.63, 3.8) is 0 Å². The number of methoxy groups -OCH3 is 1. The van der Waals surface area contributed by atoms with Crippen LogP contribution in [0.5, 0.6) is 11.5 Å². The van der Waals surface area contributed by atoms with Gasteiger partial charge in [-0.15, -0.1) is 0 Å². The van der Waals surface area contributed by atoms with Gasteiger partial charge in [0.1, 0.15) is 11.5 Å². The van der Waals surface area contributed by atoms with Gasteiger partial charge >= 0.3 is 0 Å². The zero-order valence-corrected chi connectivity index (χ0v) is 17.4. The minimum absolute atomic E-state index is 0.0494. The van der Waals surface area contributed by atoms with E-state index in [0.29, 0.717) is 0 Å². The van der Waals surface area contributed by atoms with Gasteiger partial charge in [0.15, 0.2) is 6.10 Å². The fraction of sp³-hybridized carbons (Fsp3) is 0.458. The van der Waals surface area contributed by atoms with Crippen molar-refractivity contribution in [1.29, 1.82) is 0 Å². The van der Waals surface area contributed by atoms with Crippen LogP contribution < -0.4 is 14.8 Å². The molecule has 0 heterocycles. The quantitative estimate of drug-likeness (QED) is 0.741. The van der Waals surface area contributed by atoms with Crippen molar-refractivity contribution in [2.45, 2.75) is 65.0 Å². The summed E-state index contributed by atoms with van der Waals surface area (Å²) in [6.45, 7) is 5.89. The molecule has 0 saturated carbocycles. The highest BCUT2D eigenvalue weighted by Crippen LogP contribution is 2.27. The molecule has 1 aliphatic carbocycles. The van der Waals surface area contributed by atoms with E-state index >= 15 is 0 Å². The molecule has 150 valence electrons. The van der Waals surface area contributed by atoms with E-state index in [1.165, 1.54) is 24.0 Å². The van der Waals surface area contributed by atoms with Gasteiger partial charge in [0.2, 0.25) is 0 Å². The van der Waals surface area contributed by atoms with Crippen molar-refractivity contribution in [2.24, 2.45) is 0 Å². The molecular formula is C24H31NO3. The summed E-state index contributed by atoms with van der Waals surface area (Å²) in [5.41, 5.74) is 4.91. The molecule has 2 aromatic carbocycles. The standard InChI is InChI=1S/C24H31NO3/c1-5-22(20-11-13-23(27-4)16(2)14-20)25-24(26)17(3)28-21-12-10-18-8-6-7-9-19(18)15-21/h10-15,17,22H,5-9H2,1-4H3,(H,25,26)/t17-,22+/m1/s1. The highest BCUT2D eigenvalue weighted by molar-refractivity contribution is 5.81. The molecule has 0 aromatic heterocycles. The molecule has 28 heavy (non-hydrogen) atoms. The van der Waals surface area contributed by atoms with Gasteiger partial charge in [0, 0.05) is 0 Å². The SMILES string of the molecule is CC[C@H](NC(=O)[C@@H](C)Oc1ccc2c(c1)CCCC2)c1ccc(OC)c(C)c1. The lowest BCUT2D eigenvalue weighted by Gasteiger charge is -2.22. The summed E-state index contributed by atoms with van der Waals surface area (Å²) < 4.78 is 11.3. The van der Waals surface area contributed by atoms with Gasteiger partial charge in [0.25, 0.3) is 5.91 Å². The summed E-state index contributed by atoms with van der Waals surface area (Å²) in [4.78, 5) is 12.7. The first kappa shape index (κ1) is 20.2. The lowest BCUT2D eigenvalue weighted by atomic mass is 9.92. The highest BCUT2D eigenvalue weighted by atomic mass is 16.5. The van der Waals surface area contributed by atoms with E-state index in [0.717, 1.165) is 41.9 Å². The van der Waals surface area contributed by atoms with Crippen molar-refractivity contribution in [2.75, 3.05) is 7.11 Å². The van der Waals surface area contributed by atoms with Crippen LogP contribution >= 0.6 is 0 Å². The number of carbonyl (C=O) groups is 1. The van der Waals surface area contributed by atoms with E-state index in [2.05, 4.69) is 30.4 Å². The molecule has 0 fully saturated rings. The average molecular weight is 382 g/mol. The molecular weight excluding hydrogens is 350 g/mol. The van der Waals surface area contributed by atoms with Crippen LogP contribution in [0.3, 0.4) is 0 Å². The molecule has 0 bridgehead atoms. The number of rotatable bonds is 7. The molecule has 3 rings (SSSR count). The smallest absolute Gasteiger partial charge is 0.261 e.